The van der Waals surface area contributed by atoms with E-state index in [0.717, 1.165) is 37.7 Å². The molecule has 0 amide bonds. The Morgan fingerprint density at radius 3 is 2.82 bits per heavy atom. The van der Waals surface area contributed by atoms with Gasteiger partial charge in [-0.3, -0.25) is 9.98 Å². The van der Waals surface area contributed by atoms with Crippen LogP contribution < -0.4 is 5.32 Å². The van der Waals surface area contributed by atoms with E-state index in [1.165, 1.54) is 4.88 Å². The molecule has 22 heavy (non-hydrogen) atoms. The second kappa shape index (κ2) is 10.6. The second-order valence-corrected chi connectivity index (χ2v) is 5.77. The average molecular weight is 430 g/mol. The van der Waals surface area contributed by atoms with Crippen molar-refractivity contribution in [3.05, 3.63) is 52.5 Å². The molecule has 0 atom stereocenters. The molecular formula is C16H23IN4S. The third-order valence-electron chi connectivity index (χ3n) is 3.03. The van der Waals surface area contributed by atoms with Gasteiger partial charge in [0.25, 0.3) is 0 Å². The van der Waals surface area contributed by atoms with Gasteiger partial charge in [-0.2, -0.15) is 0 Å². The Morgan fingerprint density at radius 1 is 1.32 bits per heavy atom. The second-order valence-electron chi connectivity index (χ2n) is 4.74. The summed E-state index contributed by atoms with van der Waals surface area (Å²) in [4.78, 5) is 12.5. The van der Waals surface area contributed by atoms with Gasteiger partial charge in [0.15, 0.2) is 5.96 Å². The van der Waals surface area contributed by atoms with Crippen molar-refractivity contribution in [1.82, 2.24) is 15.2 Å². The predicted molar refractivity (Wildman–Crippen MR) is 105 cm³/mol. The molecule has 0 aliphatic heterocycles. The van der Waals surface area contributed by atoms with Gasteiger partial charge in [0.2, 0.25) is 0 Å². The molecule has 0 fully saturated rings. The van der Waals surface area contributed by atoms with Crippen LogP contribution in [0, 0.1) is 0 Å². The highest BCUT2D eigenvalue weighted by Crippen LogP contribution is 2.10. The molecule has 2 aromatic heterocycles. The number of guanidine groups is 1. The van der Waals surface area contributed by atoms with Crippen LogP contribution in [0.15, 0.2) is 46.9 Å². The van der Waals surface area contributed by atoms with E-state index in [2.05, 4.69) is 51.7 Å². The first kappa shape index (κ1) is 18.9. The lowest BCUT2D eigenvalue weighted by molar-refractivity contribution is 0.481. The van der Waals surface area contributed by atoms with Gasteiger partial charge in [-0.1, -0.05) is 12.1 Å². The zero-order valence-corrected chi connectivity index (χ0v) is 16.2. The smallest absolute Gasteiger partial charge is 0.193 e. The van der Waals surface area contributed by atoms with Gasteiger partial charge < -0.3 is 10.2 Å². The summed E-state index contributed by atoms with van der Waals surface area (Å²) in [5.41, 5.74) is 1.08. The first-order valence-corrected chi connectivity index (χ1v) is 8.09. The van der Waals surface area contributed by atoms with E-state index in [9.17, 15) is 0 Å². The lowest BCUT2D eigenvalue weighted by atomic mass is 10.3. The fourth-order valence-electron chi connectivity index (χ4n) is 2.00. The zero-order valence-electron chi connectivity index (χ0n) is 13.0. The number of aromatic nitrogens is 1. The number of pyridine rings is 1. The van der Waals surface area contributed by atoms with Crippen LogP contribution in [0.5, 0.6) is 0 Å². The van der Waals surface area contributed by atoms with Crippen LogP contribution >= 0.6 is 35.3 Å². The summed E-state index contributed by atoms with van der Waals surface area (Å²) in [5, 5.41) is 5.45. The topological polar surface area (TPSA) is 40.5 Å². The standard InChI is InChI=1S/C16H22N4S.HI/c1-3-17-16(20(2)13-15-8-6-12-21-15)19-11-9-14-7-4-5-10-18-14;/h4-8,10,12H,3,9,11,13H2,1-2H3,(H,17,19);1H. The van der Waals surface area contributed by atoms with E-state index in [0.29, 0.717) is 0 Å². The molecule has 0 spiro atoms. The highest BCUT2D eigenvalue weighted by atomic mass is 127. The fraction of sp³-hybridized carbons (Fsp3) is 0.375. The van der Waals surface area contributed by atoms with Crippen molar-refractivity contribution >= 4 is 41.3 Å². The minimum Gasteiger partial charge on any atom is -0.357 e. The Hall–Kier alpha value is -1.15. The molecule has 0 saturated heterocycles. The Balaban J connectivity index is 0.00000242. The molecule has 2 rings (SSSR count). The Kier molecular flexibility index (Phi) is 9.07. The monoisotopic (exact) mass is 430 g/mol. The molecular weight excluding hydrogens is 407 g/mol. The number of hydrogen-bond donors (Lipinski definition) is 1. The van der Waals surface area contributed by atoms with Crippen LogP contribution in [0.4, 0.5) is 0 Å². The van der Waals surface area contributed by atoms with Gasteiger partial charge in [-0.05, 0) is 30.5 Å². The number of rotatable bonds is 6. The Labute approximate surface area is 153 Å². The Morgan fingerprint density at radius 2 is 2.18 bits per heavy atom. The van der Waals surface area contributed by atoms with Crippen LogP contribution in [-0.2, 0) is 13.0 Å². The molecule has 2 aromatic rings. The molecule has 4 nitrogen and oxygen atoms in total. The van der Waals surface area contributed by atoms with Gasteiger partial charge in [0, 0.05) is 43.3 Å². The average Bonchev–Trinajstić information content (AvgIpc) is 3.00. The fourth-order valence-corrected chi connectivity index (χ4v) is 2.76. The number of hydrogen-bond acceptors (Lipinski definition) is 3. The van der Waals surface area contributed by atoms with E-state index >= 15 is 0 Å². The first-order valence-electron chi connectivity index (χ1n) is 7.21. The number of halogens is 1. The lowest BCUT2D eigenvalue weighted by Crippen LogP contribution is -2.38. The zero-order chi connectivity index (χ0) is 14.9. The molecule has 2 heterocycles. The van der Waals surface area contributed by atoms with Crippen molar-refractivity contribution in [3.63, 3.8) is 0 Å². The van der Waals surface area contributed by atoms with Crippen LogP contribution in [0.25, 0.3) is 0 Å². The van der Waals surface area contributed by atoms with E-state index < -0.39 is 0 Å². The quantitative estimate of drug-likeness (QED) is 0.434. The Bertz CT molecular complexity index is 543. The van der Waals surface area contributed by atoms with Crippen LogP contribution in [-0.4, -0.2) is 36.0 Å². The van der Waals surface area contributed by atoms with Gasteiger partial charge in [0.1, 0.15) is 0 Å². The van der Waals surface area contributed by atoms with Crippen LogP contribution in [0.2, 0.25) is 0 Å². The summed E-state index contributed by atoms with van der Waals surface area (Å²) < 4.78 is 0. The third-order valence-corrected chi connectivity index (χ3v) is 3.89. The number of nitrogens with one attached hydrogen (secondary N) is 1. The van der Waals surface area contributed by atoms with Crippen LogP contribution in [0.1, 0.15) is 17.5 Å². The van der Waals surface area contributed by atoms with Gasteiger partial charge in [-0.25, -0.2) is 0 Å². The van der Waals surface area contributed by atoms with Crippen LogP contribution in [0.3, 0.4) is 0 Å². The predicted octanol–water partition coefficient (Wildman–Crippen LogP) is 3.40. The molecule has 1 N–H and O–H groups in total. The maximum absolute atomic E-state index is 4.69. The summed E-state index contributed by atoms with van der Waals surface area (Å²) in [7, 11) is 2.07. The summed E-state index contributed by atoms with van der Waals surface area (Å²) >= 11 is 1.77. The highest BCUT2D eigenvalue weighted by Gasteiger charge is 2.06. The maximum atomic E-state index is 4.69. The maximum Gasteiger partial charge on any atom is 0.193 e. The largest absolute Gasteiger partial charge is 0.357 e. The van der Waals surface area contributed by atoms with E-state index in [1.54, 1.807) is 11.3 Å². The lowest BCUT2D eigenvalue weighted by Gasteiger charge is -2.21. The van der Waals surface area contributed by atoms with Crippen molar-refractivity contribution in [3.8, 4) is 0 Å². The van der Waals surface area contributed by atoms with Crippen molar-refractivity contribution in [2.45, 2.75) is 19.9 Å². The number of nitrogens with zero attached hydrogens (tertiary/aromatic N) is 3. The summed E-state index contributed by atoms with van der Waals surface area (Å²) in [5.74, 6) is 0.946. The van der Waals surface area contributed by atoms with E-state index in [4.69, 9.17) is 0 Å². The van der Waals surface area contributed by atoms with Gasteiger partial charge >= 0.3 is 0 Å². The summed E-state index contributed by atoms with van der Waals surface area (Å²) in [6.45, 7) is 4.59. The number of aliphatic imine (C=N–C) groups is 1. The molecule has 0 aliphatic rings. The van der Waals surface area contributed by atoms with Crippen molar-refractivity contribution in [2.75, 3.05) is 20.1 Å². The molecule has 0 aromatic carbocycles. The minimum atomic E-state index is 0. The molecule has 0 aliphatic carbocycles. The minimum absolute atomic E-state index is 0. The van der Waals surface area contributed by atoms with Gasteiger partial charge in [0.05, 0.1) is 6.54 Å². The van der Waals surface area contributed by atoms with Crippen molar-refractivity contribution in [2.24, 2.45) is 4.99 Å². The van der Waals surface area contributed by atoms with E-state index in [1.807, 2.05) is 24.4 Å². The number of thiophene rings is 1. The molecule has 120 valence electrons. The van der Waals surface area contributed by atoms with Crippen molar-refractivity contribution in [1.29, 1.82) is 0 Å². The summed E-state index contributed by atoms with van der Waals surface area (Å²) in [6.07, 6.45) is 2.69. The SMILES string of the molecule is CCNC(=NCCc1ccccn1)N(C)Cc1cccs1.I. The molecule has 0 radical (unpaired) electrons. The van der Waals surface area contributed by atoms with E-state index in [-0.39, 0.29) is 24.0 Å². The van der Waals surface area contributed by atoms with Crippen molar-refractivity contribution < 1.29 is 0 Å². The molecule has 6 heteroatoms. The third kappa shape index (κ3) is 6.31. The molecule has 0 unspecified atom stereocenters. The first-order chi connectivity index (χ1) is 10.3. The van der Waals surface area contributed by atoms with Gasteiger partial charge in [-0.15, -0.1) is 35.3 Å². The molecule has 0 bridgehead atoms. The molecule has 0 saturated carbocycles. The summed E-state index contributed by atoms with van der Waals surface area (Å²) in [6, 6.07) is 10.2. The normalized spacial score (nSPS) is 10.9. The highest BCUT2D eigenvalue weighted by molar-refractivity contribution is 14.0.